The van der Waals surface area contributed by atoms with Crippen molar-refractivity contribution in [2.45, 2.75) is 94.0 Å². The summed E-state index contributed by atoms with van der Waals surface area (Å²) in [5.74, 6) is -6.07. The molecule has 3 aromatic carbocycles. The number of phenolic OH excluding ortho intramolecular Hbond substituents is 2. The monoisotopic (exact) mass is 999 g/mol. The maximum absolute atomic E-state index is 14.6. The second-order valence-corrected chi connectivity index (χ2v) is 16.9. The number of carbonyl (C=O) groups excluding carboxylic acids is 5. The molecular formula is C47H66N16O9. The summed E-state index contributed by atoms with van der Waals surface area (Å²) in [6.07, 6.45) is 1.91. The van der Waals surface area contributed by atoms with Gasteiger partial charge in [-0.15, -0.1) is 0 Å². The summed E-state index contributed by atoms with van der Waals surface area (Å²) >= 11 is 0. The fourth-order valence-electron chi connectivity index (χ4n) is 7.44. The molecule has 6 atom stereocenters. The number of hydrogen-bond acceptors (Lipinski definition) is 12. The van der Waals surface area contributed by atoms with E-state index in [1.54, 1.807) is 24.4 Å². The molecular weight excluding hydrogens is 933 g/mol. The van der Waals surface area contributed by atoms with Crippen LogP contribution in [0.5, 0.6) is 11.5 Å². The zero-order chi connectivity index (χ0) is 52.7. The number of benzene rings is 3. The van der Waals surface area contributed by atoms with Crippen molar-refractivity contribution >= 4 is 64.3 Å². The first-order chi connectivity index (χ1) is 34.3. The van der Waals surface area contributed by atoms with Gasteiger partial charge in [-0.05, 0) is 85.5 Å². The predicted molar refractivity (Wildman–Crippen MR) is 271 cm³/mol. The van der Waals surface area contributed by atoms with Crippen molar-refractivity contribution in [3.63, 3.8) is 0 Å². The molecule has 0 radical (unpaired) electrons. The summed E-state index contributed by atoms with van der Waals surface area (Å²) in [7, 11) is 0. The molecule has 0 aliphatic carbocycles. The molecule has 25 nitrogen and oxygen atoms in total. The lowest BCUT2D eigenvalue weighted by atomic mass is 10.0. The number of para-hydroxylation sites is 1. The molecule has 0 aliphatic rings. The zero-order valence-corrected chi connectivity index (χ0v) is 39.6. The van der Waals surface area contributed by atoms with E-state index in [-0.39, 0.29) is 100 Å². The third-order valence-corrected chi connectivity index (χ3v) is 11.2. The number of rotatable bonds is 29. The number of aliphatic imine (C=N–C) groups is 3. The van der Waals surface area contributed by atoms with E-state index >= 15 is 0 Å². The Hall–Kier alpha value is -8.61. The molecule has 1 heterocycles. The number of hydrogen-bond donors (Lipinski definition) is 16. The van der Waals surface area contributed by atoms with Crippen LogP contribution in [-0.4, -0.2) is 130 Å². The molecule has 0 saturated heterocycles. The maximum Gasteiger partial charge on any atom is 0.326 e. The van der Waals surface area contributed by atoms with Gasteiger partial charge >= 0.3 is 5.97 Å². The molecule has 72 heavy (non-hydrogen) atoms. The highest BCUT2D eigenvalue weighted by atomic mass is 16.4. The topological polar surface area (TPSA) is 458 Å². The van der Waals surface area contributed by atoms with Crippen molar-refractivity contribution in [1.82, 2.24) is 31.6 Å². The van der Waals surface area contributed by atoms with Crippen LogP contribution < -0.4 is 66.7 Å². The number of aliphatic carboxylic acids is 1. The predicted octanol–water partition coefficient (Wildman–Crippen LogP) is -2.40. The fourth-order valence-corrected chi connectivity index (χ4v) is 7.44. The molecule has 23 N–H and O–H groups in total. The SMILES string of the molecule is NC(N)=NCCCC(N)C(=O)NC(Cc1ccc(O)cc1)C(=O)NC(Cc1ccc(O)cc1)C(=O)NC(CCCN=C(N)N)C(=O)NC(Cc1c[nH]c2ccccc12)C(=O)NC(CCCN=C(N)N)C(=O)O. The number of amides is 5. The highest BCUT2D eigenvalue weighted by Gasteiger charge is 2.34. The summed E-state index contributed by atoms with van der Waals surface area (Å²) < 4.78 is 0. The number of H-pyrrole nitrogens is 1. The van der Waals surface area contributed by atoms with E-state index in [0.29, 0.717) is 23.1 Å². The maximum atomic E-state index is 14.6. The molecule has 25 heteroatoms. The second kappa shape index (κ2) is 28.2. The van der Waals surface area contributed by atoms with Crippen LogP contribution in [0.1, 0.15) is 55.2 Å². The van der Waals surface area contributed by atoms with E-state index in [1.165, 1.54) is 36.4 Å². The van der Waals surface area contributed by atoms with Crippen LogP contribution in [0, 0.1) is 0 Å². The number of aromatic nitrogens is 1. The number of nitrogens with zero attached hydrogens (tertiary/aromatic N) is 3. The molecule has 0 spiro atoms. The Bertz CT molecular complexity index is 2540. The lowest BCUT2D eigenvalue weighted by Gasteiger charge is -2.27. The first-order valence-electron chi connectivity index (χ1n) is 23.1. The van der Waals surface area contributed by atoms with Gasteiger partial charge in [0.05, 0.1) is 6.04 Å². The van der Waals surface area contributed by atoms with Gasteiger partial charge in [-0.2, -0.15) is 0 Å². The lowest BCUT2D eigenvalue weighted by Crippen LogP contribution is -2.60. The number of nitrogens with two attached hydrogens (primary N) is 7. The van der Waals surface area contributed by atoms with E-state index in [2.05, 4.69) is 46.5 Å². The second-order valence-electron chi connectivity index (χ2n) is 16.9. The van der Waals surface area contributed by atoms with Crippen molar-refractivity contribution < 1.29 is 44.1 Å². The van der Waals surface area contributed by atoms with Crippen LogP contribution in [0.25, 0.3) is 10.9 Å². The number of aromatic hydroxyl groups is 2. The van der Waals surface area contributed by atoms with Crippen molar-refractivity contribution in [2.24, 2.45) is 55.1 Å². The first kappa shape index (κ1) is 56.0. The summed E-state index contributed by atoms with van der Waals surface area (Å²) in [6.45, 7) is 0.329. The quantitative estimate of drug-likeness (QED) is 0.0153. The molecule has 0 bridgehead atoms. The average Bonchev–Trinajstić information content (AvgIpc) is 3.74. The third kappa shape index (κ3) is 19.1. The van der Waals surface area contributed by atoms with E-state index in [0.717, 1.165) is 10.9 Å². The van der Waals surface area contributed by atoms with Crippen LogP contribution in [-0.2, 0) is 48.0 Å². The Morgan fingerprint density at radius 1 is 0.500 bits per heavy atom. The first-order valence-corrected chi connectivity index (χ1v) is 23.1. The number of nitrogens with one attached hydrogen (secondary N) is 6. The number of carbonyl (C=O) groups is 6. The summed E-state index contributed by atoms with van der Waals surface area (Å²) in [6, 6.07) is 10.9. The number of guanidine groups is 3. The lowest BCUT2D eigenvalue weighted by molar-refractivity contribution is -0.142. The minimum absolute atomic E-state index is 0.0319. The number of phenols is 2. The minimum Gasteiger partial charge on any atom is -0.508 e. The molecule has 4 rings (SSSR count). The molecule has 6 unspecified atom stereocenters. The van der Waals surface area contributed by atoms with Gasteiger partial charge in [0.15, 0.2) is 17.9 Å². The highest BCUT2D eigenvalue weighted by Crippen LogP contribution is 2.20. The highest BCUT2D eigenvalue weighted by molar-refractivity contribution is 5.97. The van der Waals surface area contributed by atoms with Gasteiger partial charge in [0.25, 0.3) is 0 Å². The van der Waals surface area contributed by atoms with Crippen LogP contribution >= 0.6 is 0 Å². The van der Waals surface area contributed by atoms with Gasteiger partial charge in [0.1, 0.15) is 41.7 Å². The number of fused-ring (bicyclic) bond motifs is 1. The standard InChI is InChI=1S/C47H66N16O9/c48-32(7-3-19-55-45(49)50)39(66)61-36(22-26-11-15-29(64)16-12-26)42(69)62-37(23-27-13-17-30(65)18-14-27)41(68)59-34(9-4-20-56-46(51)52)40(67)63-38(24-28-25-58-33-8-2-1-6-31(28)33)43(70)60-35(44(71)72)10-5-21-57-47(53)54/h1-2,6,8,11-18,25,32,34-38,58,64-65H,3-5,7,9-10,19-24,48H2,(H,59,68)(H,60,70)(H,61,66)(H,62,69)(H,63,67)(H,71,72)(H4,49,50,55)(H4,51,52,56)(H4,53,54,57). The molecule has 0 fully saturated rings. The average molecular weight is 999 g/mol. The van der Waals surface area contributed by atoms with E-state index in [1.807, 2.05) is 18.2 Å². The summed E-state index contributed by atoms with van der Waals surface area (Å²) in [4.78, 5) is 98.3. The Morgan fingerprint density at radius 3 is 1.36 bits per heavy atom. The molecule has 5 amide bonds. The van der Waals surface area contributed by atoms with Crippen LogP contribution in [0.2, 0.25) is 0 Å². The van der Waals surface area contributed by atoms with E-state index < -0.39 is 71.8 Å². The number of carboxylic acid groups (broad SMARTS) is 1. The largest absolute Gasteiger partial charge is 0.508 e. The van der Waals surface area contributed by atoms with Crippen LogP contribution in [0.4, 0.5) is 0 Å². The Morgan fingerprint density at radius 2 is 0.889 bits per heavy atom. The zero-order valence-electron chi connectivity index (χ0n) is 39.6. The van der Waals surface area contributed by atoms with Crippen molar-refractivity contribution in [2.75, 3.05) is 19.6 Å². The molecule has 0 aliphatic heterocycles. The van der Waals surface area contributed by atoms with Crippen molar-refractivity contribution in [3.8, 4) is 11.5 Å². The van der Waals surface area contributed by atoms with Crippen LogP contribution in [0.15, 0.2) is 94.0 Å². The molecule has 1 aromatic heterocycles. The molecule has 388 valence electrons. The van der Waals surface area contributed by atoms with E-state index in [9.17, 15) is 44.1 Å². The van der Waals surface area contributed by atoms with Gasteiger partial charge in [-0.3, -0.25) is 38.9 Å². The normalized spacial score (nSPS) is 13.4. The van der Waals surface area contributed by atoms with Gasteiger partial charge in [0.2, 0.25) is 29.5 Å². The van der Waals surface area contributed by atoms with Gasteiger partial charge in [-0.1, -0.05) is 42.5 Å². The number of carboxylic acids is 1. The Balaban J connectivity index is 1.67. The smallest absolute Gasteiger partial charge is 0.326 e. The van der Waals surface area contributed by atoms with Gasteiger partial charge in [-0.25, -0.2) is 4.79 Å². The Kier molecular flexibility index (Phi) is 21.9. The number of aromatic amines is 1. The fraction of sp³-hybridized carbons (Fsp3) is 0.383. The summed E-state index contributed by atoms with van der Waals surface area (Å²) in [5.41, 5.74) is 41.3. The minimum atomic E-state index is -1.44. The van der Waals surface area contributed by atoms with E-state index in [4.69, 9.17) is 40.1 Å². The van der Waals surface area contributed by atoms with Crippen molar-refractivity contribution in [3.05, 3.63) is 95.7 Å². The van der Waals surface area contributed by atoms with Gasteiger partial charge in [0, 0.05) is 56.0 Å². The van der Waals surface area contributed by atoms with Gasteiger partial charge < -0.3 is 87.0 Å². The Labute approximate surface area is 414 Å². The molecule has 4 aromatic rings. The third-order valence-electron chi connectivity index (χ3n) is 11.2. The van der Waals surface area contributed by atoms with Crippen LogP contribution in [0.3, 0.4) is 0 Å². The van der Waals surface area contributed by atoms with Crippen molar-refractivity contribution in [1.29, 1.82) is 0 Å². The molecule has 0 saturated carbocycles. The summed E-state index contributed by atoms with van der Waals surface area (Å²) in [5, 5.41) is 44.1.